The van der Waals surface area contributed by atoms with Crippen LogP contribution in [0, 0.1) is 0 Å². The monoisotopic (exact) mass is 374 g/mol. The van der Waals surface area contributed by atoms with Crippen LogP contribution in [-0.2, 0) is 25.6 Å². The lowest BCUT2D eigenvalue weighted by atomic mass is 10.1. The fraction of sp³-hybridized carbons (Fsp3) is 0.533. The zero-order valence-electron chi connectivity index (χ0n) is 13.7. The number of carbonyl (C=O) groups excluding carboxylic acids is 1. The molecular weight excluding hydrogens is 352 g/mol. The maximum atomic E-state index is 12.2. The summed E-state index contributed by atoms with van der Waals surface area (Å²) < 4.78 is 46.8. The number of sulfone groups is 1. The number of piperidine rings is 1. The van der Waals surface area contributed by atoms with Crippen LogP contribution in [0.2, 0.25) is 0 Å². The van der Waals surface area contributed by atoms with E-state index in [1.165, 1.54) is 10.6 Å². The molecule has 0 atom stereocenters. The quantitative estimate of drug-likeness (QED) is 0.803. The molecule has 7 nitrogen and oxygen atoms in total. The van der Waals surface area contributed by atoms with Gasteiger partial charge in [0.15, 0.2) is 9.84 Å². The Hall–Kier alpha value is -1.45. The van der Waals surface area contributed by atoms with E-state index in [4.69, 9.17) is 0 Å². The Morgan fingerprint density at radius 3 is 2.08 bits per heavy atom. The molecule has 0 spiro atoms. The Morgan fingerprint density at radius 1 is 1.08 bits per heavy atom. The SMILES string of the molecule is CS(=O)(=O)Cc1ccc(C(=O)NC2CCN(S(C)(=O)=O)CC2)cc1. The van der Waals surface area contributed by atoms with Gasteiger partial charge in [-0.2, -0.15) is 0 Å². The van der Waals surface area contributed by atoms with Crippen molar-refractivity contribution in [3.05, 3.63) is 35.4 Å². The zero-order valence-corrected chi connectivity index (χ0v) is 15.4. The zero-order chi connectivity index (χ0) is 18.0. The fourth-order valence-electron chi connectivity index (χ4n) is 2.66. The number of amides is 1. The highest BCUT2D eigenvalue weighted by atomic mass is 32.2. The molecular formula is C15H22N2O5S2. The van der Waals surface area contributed by atoms with Crippen molar-refractivity contribution in [2.45, 2.75) is 24.6 Å². The van der Waals surface area contributed by atoms with Crippen molar-refractivity contribution in [3.63, 3.8) is 0 Å². The van der Waals surface area contributed by atoms with E-state index in [1.54, 1.807) is 24.3 Å². The van der Waals surface area contributed by atoms with E-state index in [-0.39, 0.29) is 17.7 Å². The maximum Gasteiger partial charge on any atom is 0.251 e. The lowest BCUT2D eigenvalue weighted by Gasteiger charge is -2.30. The molecule has 1 aromatic rings. The van der Waals surface area contributed by atoms with Gasteiger partial charge in [-0.25, -0.2) is 21.1 Å². The summed E-state index contributed by atoms with van der Waals surface area (Å²) in [6.45, 7) is 0.800. The van der Waals surface area contributed by atoms with Gasteiger partial charge >= 0.3 is 0 Å². The van der Waals surface area contributed by atoms with Crippen LogP contribution >= 0.6 is 0 Å². The Bertz CT molecular complexity index is 793. The first-order chi connectivity index (χ1) is 11.0. The van der Waals surface area contributed by atoms with Gasteiger partial charge in [-0.3, -0.25) is 4.79 Å². The first-order valence-electron chi connectivity index (χ1n) is 7.57. The van der Waals surface area contributed by atoms with Gasteiger partial charge in [-0.1, -0.05) is 12.1 Å². The predicted molar refractivity (Wildman–Crippen MR) is 91.9 cm³/mol. The minimum absolute atomic E-state index is 0.0567. The number of hydrogen-bond donors (Lipinski definition) is 1. The second kappa shape index (κ2) is 7.20. The van der Waals surface area contributed by atoms with Crippen LogP contribution in [0.5, 0.6) is 0 Å². The molecule has 0 aliphatic carbocycles. The molecule has 1 heterocycles. The minimum Gasteiger partial charge on any atom is -0.349 e. The standard InChI is InChI=1S/C15H22N2O5S2/c1-23(19,20)11-12-3-5-13(6-4-12)15(18)16-14-7-9-17(10-8-14)24(2,21)22/h3-6,14H,7-11H2,1-2H3,(H,16,18). The van der Waals surface area contributed by atoms with Gasteiger partial charge in [-0.05, 0) is 30.5 Å². The van der Waals surface area contributed by atoms with Crippen molar-refractivity contribution < 1.29 is 21.6 Å². The average molecular weight is 374 g/mol. The summed E-state index contributed by atoms with van der Waals surface area (Å²) in [5.41, 5.74) is 1.09. The highest BCUT2D eigenvalue weighted by molar-refractivity contribution is 7.89. The third-order valence-electron chi connectivity index (χ3n) is 3.90. The van der Waals surface area contributed by atoms with Crippen LogP contribution < -0.4 is 5.32 Å². The molecule has 134 valence electrons. The van der Waals surface area contributed by atoms with Crippen molar-refractivity contribution in [1.29, 1.82) is 0 Å². The maximum absolute atomic E-state index is 12.2. The Balaban J connectivity index is 1.91. The first kappa shape index (κ1) is 18.9. The van der Waals surface area contributed by atoms with Gasteiger partial charge in [0.25, 0.3) is 5.91 Å². The molecule has 2 rings (SSSR count). The topological polar surface area (TPSA) is 101 Å². The van der Waals surface area contributed by atoms with Crippen molar-refractivity contribution in [3.8, 4) is 0 Å². The average Bonchev–Trinajstić information content (AvgIpc) is 2.46. The van der Waals surface area contributed by atoms with Gasteiger partial charge < -0.3 is 5.32 Å². The predicted octanol–water partition coefficient (Wildman–Crippen LogP) is 0.385. The summed E-state index contributed by atoms with van der Waals surface area (Å²) >= 11 is 0. The van der Waals surface area contributed by atoms with E-state index in [0.717, 1.165) is 6.26 Å². The first-order valence-corrected chi connectivity index (χ1v) is 11.5. The molecule has 1 aliphatic rings. The van der Waals surface area contributed by atoms with Gasteiger partial charge in [0, 0.05) is 31.0 Å². The van der Waals surface area contributed by atoms with Crippen LogP contribution in [0.1, 0.15) is 28.8 Å². The van der Waals surface area contributed by atoms with Gasteiger partial charge in [0.1, 0.15) is 0 Å². The van der Waals surface area contributed by atoms with Crippen LogP contribution in [0.15, 0.2) is 24.3 Å². The van der Waals surface area contributed by atoms with Gasteiger partial charge in [0.2, 0.25) is 10.0 Å². The van der Waals surface area contributed by atoms with Gasteiger partial charge in [0.05, 0.1) is 12.0 Å². The normalized spacial score (nSPS) is 17.6. The second-order valence-corrected chi connectivity index (χ2v) is 10.3. The molecule has 0 unspecified atom stereocenters. The molecule has 0 aromatic heterocycles. The highest BCUT2D eigenvalue weighted by Gasteiger charge is 2.25. The number of hydrogen-bond acceptors (Lipinski definition) is 5. The summed E-state index contributed by atoms with van der Waals surface area (Å²) in [5, 5.41) is 2.90. The summed E-state index contributed by atoms with van der Waals surface area (Å²) in [4.78, 5) is 12.2. The number of rotatable bonds is 5. The molecule has 1 aromatic carbocycles. The van der Waals surface area contributed by atoms with Crippen molar-refractivity contribution in [1.82, 2.24) is 9.62 Å². The van der Waals surface area contributed by atoms with E-state index < -0.39 is 19.9 Å². The number of benzene rings is 1. The Morgan fingerprint density at radius 2 is 1.62 bits per heavy atom. The van der Waals surface area contributed by atoms with Crippen molar-refractivity contribution >= 4 is 25.8 Å². The smallest absolute Gasteiger partial charge is 0.251 e. The molecule has 0 radical (unpaired) electrons. The van der Waals surface area contributed by atoms with Crippen molar-refractivity contribution in [2.24, 2.45) is 0 Å². The molecule has 1 fully saturated rings. The van der Waals surface area contributed by atoms with E-state index in [9.17, 15) is 21.6 Å². The Labute approximate surface area is 143 Å². The molecule has 9 heteroatoms. The highest BCUT2D eigenvalue weighted by Crippen LogP contribution is 2.14. The lowest BCUT2D eigenvalue weighted by Crippen LogP contribution is -2.46. The van der Waals surface area contributed by atoms with E-state index in [0.29, 0.717) is 37.1 Å². The number of nitrogens with zero attached hydrogens (tertiary/aromatic N) is 1. The second-order valence-electron chi connectivity index (χ2n) is 6.18. The van der Waals surface area contributed by atoms with Crippen molar-refractivity contribution in [2.75, 3.05) is 25.6 Å². The van der Waals surface area contributed by atoms with Crippen LogP contribution in [0.4, 0.5) is 0 Å². The largest absolute Gasteiger partial charge is 0.349 e. The summed E-state index contributed by atoms with van der Waals surface area (Å²) in [6.07, 6.45) is 3.50. The third-order valence-corrected chi connectivity index (χ3v) is 6.06. The number of nitrogens with one attached hydrogen (secondary N) is 1. The number of carbonyl (C=O) groups is 1. The molecule has 1 N–H and O–H groups in total. The van der Waals surface area contributed by atoms with Gasteiger partial charge in [-0.15, -0.1) is 0 Å². The number of sulfonamides is 1. The molecule has 1 aliphatic heterocycles. The summed E-state index contributed by atoms with van der Waals surface area (Å²) in [6, 6.07) is 6.39. The lowest BCUT2D eigenvalue weighted by molar-refractivity contribution is 0.0924. The molecule has 0 saturated carbocycles. The van der Waals surface area contributed by atoms with E-state index >= 15 is 0 Å². The van der Waals surface area contributed by atoms with Crippen LogP contribution in [-0.4, -0.2) is 58.7 Å². The fourth-order valence-corrected chi connectivity index (χ4v) is 4.33. The Kier molecular flexibility index (Phi) is 5.67. The molecule has 0 bridgehead atoms. The molecule has 1 amide bonds. The minimum atomic E-state index is -3.18. The van der Waals surface area contributed by atoms with Crippen LogP contribution in [0.25, 0.3) is 0 Å². The van der Waals surface area contributed by atoms with E-state index in [1.807, 2.05) is 0 Å². The summed E-state index contributed by atoms with van der Waals surface area (Å²) in [7, 11) is -6.28. The van der Waals surface area contributed by atoms with E-state index in [2.05, 4.69) is 5.32 Å². The molecule has 24 heavy (non-hydrogen) atoms. The third kappa shape index (κ3) is 5.57. The molecule has 1 saturated heterocycles. The van der Waals surface area contributed by atoms with Crippen LogP contribution in [0.3, 0.4) is 0 Å². The summed E-state index contributed by atoms with van der Waals surface area (Å²) in [5.74, 6) is -0.294.